The second-order valence-corrected chi connectivity index (χ2v) is 9.64. The molecule has 3 rings (SSSR count). The van der Waals surface area contributed by atoms with Crippen molar-refractivity contribution in [3.63, 3.8) is 0 Å². The summed E-state index contributed by atoms with van der Waals surface area (Å²) in [6.07, 6.45) is -0.138. The summed E-state index contributed by atoms with van der Waals surface area (Å²) in [5.41, 5.74) is 1.51. The van der Waals surface area contributed by atoms with Crippen LogP contribution in [0.1, 0.15) is 22.8 Å². The van der Waals surface area contributed by atoms with Gasteiger partial charge in [0.1, 0.15) is 12.4 Å². The number of amides is 1. The Bertz CT molecular complexity index is 1240. The fourth-order valence-corrected chi connectivity index (χ4v) is 4.12. The lowest BCUT2D eigenvalue weighted by molar-refractivity contribution is -0.123. The third kappa shape index (κ3) is 6.81. The molecule has 1 unspecified atom stereocenters. The normalized spacial score (nSPS) is 12.0. The molecule has 9 heteroatoms. The number of sulfone groups is 1. The van der Waals surface area contributed by atoms with Gasteiger partial charge in [0.05, 0.1) is 15.5 Å². The minimum absolute atomic E-state index is 0.00367. The van der Waals surface area contributed by atoms with Gasteiger partial charge in [0, 0.05) is 11.9 Å². The molecular weight excluding hydrogens is 466 g/mol. The summed E-state index contributed by atoms with van der Waals surface area (Å²) in [6.45, 7) is 1.84. The number of esters is 1. The predicted octanol–water partition coefficient (Wildman–Crippen LogP) is 4.51. The molecule has 3 aromatic rings. The topological polar surface area (TPSA) is 98.8 Å². The molecule has 172 valence electrons. The Balaban J connectivity index is 1.56. The van der Waals surface area contributed by atoms with E-state index in [2.05, 4.69) is 5.32 Å². The van der Waals surface area contributed by atoms with Crippen LogP contribution in [0.2, 0.25) is 5.02 Å². The van der Waals surface area contributed by atoms with Crippen molar-refractivity contribution in [2.24, 2.45) is 0 Å². The van der Waals surface area contributed by atoms with Crippen LogP contribution in [0.4, 0.5) is 5.69 Å². The molecule has 3 aromatic carbocycles. The molecule has 1 amide bonds. The number of rotatable bonds is 8. The van der Waals surface area contributed by atoms with Crippen LogP contribution < -0.4 is 10.1 Å². The predicted molar refractivity (Wildman–Crippen MR) is 125 cm³/mol. The van der Waals surface area contributed by atoms with Crippen LogP contribution in [0.15, 0.2) is 77.7 Å². The monoisotopic (exact) mass is 487 g/mol. The maximum absolute atomic E-state index is 12.4. The van der Waals surface area contributed by atoms with Gasteiger partial charge >= 0.3 is 5.97 Å². The van der Waals surface area contributed by atoms with E-state index in [1.165, 1.54) is 19.1 Å². The number of benzene rings is 3. The van der Waals surface area contributed by atoms with Crippen LogP contribution >= 0.6 is 11.6 Å². The number of nitrogens with one attached hydrogen (secondary N) is 1. The van der Waals surface area contributed by atoms with E-state index in [9.17, 15) is 18.0 Å². The van der Waals surface area contributed by atoms with Crippen molar-refractivity contribution in [1.82, 2.24) is 0 Å². The fourth-order valence-electron chi connectivity index (χ4n) is 2.82. The zero-order valence-electron chi connectivity index (χ0n) is 17.9. The first-order valence-corrected chi connectivity index (χ1v) is 12.2. The van der Waals surface area contributed by atoms with Gasteiger partial charge in [-0.25, -0.2) is 13.2 Å². The van der Waals surface area contributed by atoms with Gasteiger partial charge in [-0.2, -0.15) is 0 Å². The summed E-state index contributed by atoms with van der Waals surface area (Å²) in [4.78, 5) is 24.6. The molecule has 0 radical (unpaired) electrons. The smallest absolute Gasteiger partial charge is 0.338 e. The Kier molecular flexibility index (Phi) is 7.73. The van der Waals surface area contributed by atoms with Gasteiger partial charge in [0.15, 0.2) is 15.9 Å². The summed E-state index contributed by atoms with van der Waals surface area (Å²) < 4.78 is 34.5. The minimum atomic E-state index is -3.63. The molecule has 0 aromatic heterocycles. The van der Waals surface area contributed by atoms with Gasteiger partial charge in [-0.3, -0.25) is 4.79 Å². The number of ether oxygens (including phenoxy) is 2. The van der Waals surface area contributed by atoms with E-state index in [1.54, 1.807) is 24.3 Å². The first kappa shape index (κ1) is 24.3. The molecular formula is C24H22ClNO6S. The van der Waals surface area contributed by atoms with Crippen LogP contribution in [-0.2, 0) is 26.0 Å². The molecule has 0 aliphatic heterocycles. The standard InChI is InChI=1S/C24H22ClNO6S/c1-16(32-24(28)18-8-13-21(25)22(14-18)33(2,29)30)23(27)26-19-9-11-20(12-10-19)31-15-17-6-4-3-5-7-17/h3-14,16H,15H2,1-2H3,(H,26,27). The van der Waals surface area contributed by atoms with Crippen molar-refractivity contribution in [3.8, 4) is 5.75 Å². The van der Waals surface area contributed by atoms with E-state index in [4.69, 9.17) is 21.1 Å². The van der Waals surface area contributed by atoms with Crippen molar-refractivity contribution < 1.29 is 27.5 Å². The van der Waals surface area contributed by atoms with E-state index in [0.29, 0.717) is 18.0 Å². The number of hydrogen-bond donors (Lipinski definition) is 1. The summed E-state index contributed by atoms with van der Waals surface area (Å²) in [6, 6.07) is 20.2. The average molecular weight is 488 g/mol. The highest BCUT2D eigenvalue weighted by molar-refractivity contribution is 7.90. The zero-order chi connectivity index (χ0) is 24.0. The van der Waals surface area contributed by atoms with Gasteiger partial charge in [0.2, 0.25) is 0 Å². The van der Waals surface area contributed by atoms with Crippen molar-refractivity contribution in [3.05, 3.63) is 88.9 Å². The lowest BCUT2D eigenvalue weighted by Crippen LogP contribution is -2.30. The molecule has 1 N–H and O–H groups in total. The van der Waals surface area contributed by atoms with E-state index in [0.717, 1.165) is 17.9 Å². The van der Waals surface area contributed by atoms with Crippen LogP contribution in [0.5, 0.6) is 5.75 Å². The number of carbonyl (C=O) groups is 2. The highest BCUT2D eigenvalue weighted by Crippen LogP contribution is 2.23. The molecule has 7 nitrogen and oxygen atoms in total. The molecule has 0 fully saturated rings. The minimum Gasteiger partial charge on any atom is -0.489 e. The third-order valence-electron chi connectivity index (χ3n) is 4.59. The van der Waals surface area contributed by atoms with E-state index < -0.39 is 27.8 Å². The Morgan fingerprint density at radius 3 is 2.30 bits per heavy atom. The Hall–Kier alpha value is -3.36. The Morgan fingerprint density at radius 2 is 1.67 bits per heavy atom. The summed E-state index contributed by atoms with van der Waals surface area (Å²) in [5, 5.41) is 2.65. The maximum atomic E-state index is 12.4. The largest absolute Gasteiger partial charge is 0.489 e. The fraction of sp³-hybridized carbons (Fsp3) is 0.167. The van der Waals surface area contributed by atoms with E-state index in [-0.39, 0.29) is 15.5 Å². The first-order chi connectivity index (χ1) is 15.6. The number of hydrogen-bond acceptors (Lipinski definition) is 6. The van der Waals surface area contributed by atoms with Crippen LogP contribution in [-0.4, -0.2) is 32.7 Å². The lowest BCUT2D eigenvalue weighted by Gasteiger charge is -2.14. The molecule has 0 bridgehead atoms. The second-order valence-electron chi connectivity index (χ2n) is 7.25. The first-order valence-electron chi connectivity index (χ1n) is 9.92. The molecule has 0 saturated carbocycles. The van der Waals surface area contributed by atoms with Crippen LogP contribution in [0.25, 0.3) is 0 Å². The quantitative estimate of drug-likeness (QED) is 0.469. The summed E-state index contributed by atoms with van der Waals surface area (Å²) >= 11 is 5.89. The second kappa shape index (κ2) is 10.5. The Morgan fingerprint density at radius 1 is 1.00 bits per heavy atom. The van der Waals surface area contributed by atoms with Gasteiger partial charge in [-0.05, 0) is 55.0 Å². The van der Waals surface area contributed by atoms with Crippen LogP contribution in [0, 0.1) is 0 Å². The molecule has 0 saturated heterocycles. The third-order valence-corrected chi connectivity index (χ3v) is 6.17. The van der Waals surface area contributed by atoms with Crippen molar-refractivity contribution in [1.29, 1.82) is 0 Å². The van der Waals surface area contributed by atoms with Gasteiger partial charge in [-0.15, -0.1) is 0 Å². The van der Waals surface area contributed by atoms with E-state index in [1.807, 2.05) is 30.3 Å². The molecule has 33 heavy (non-hydrogen) atoms. The molecule has 0 spiro atoms. The van der Waals surface area contributed by atoms with Gasteiger partial charge in [0.25, 0.3) is 5.91 Å². The van der Waals surface area contributed by atoms with Crippen molar-refractivity contribution in [2.45, 2.75) is 24.5 Å². The SMILES string of the molecule is CC(OC(=O)c1ccc(Cl)c(S(C)(=O)=O)c1)C(=O)Nc1ccc(OCc2ccccc2)cc1. The summed E-state index contributed by atoms with van der Waals surface area (Å²) in [5.74, 6) is -0.747. The van der Waals surface area contributed by atoms with Crippen molar-refractivity contribution in [2.75, 3.05) is 11.6 Å². The average Bonchev–Trinajstić information content (AvgIpc) is 2.78. The number of carbonyl (C=O) groups excluding carboxylic acids is 2. The molecule has 0 aliphatic rings. The maximum Gasteiger partial charge on any atom is 0.338 e. The number of halogens is 1. The molecule has 1 atom stereocenters. The lowest BCUT2D eigenvalue weighted by atomic mass is 10.2. The van der Waals surface area contributed by atoms with Gasteiger partial charge < -0.3 is 14.8 Å². The molecule has 0 heterocycles. The molecule has 0 aliphatic carbocycles. The van der Waals surface area contributed by atoms with Gasteiger partial charge in [-0.1, -0.05) is 41.9 Å². The zero-order valence-corrected chi connectivity index (χ0v) is 19.5. The Labute approximate surface area is 197 Å². The van der Waals surface area contributed by atoms with Crippen molar-refractivity contribution >= 4 is 39.0 Å². The highest BCUT2D eigenvalue weighted by atomic mass is 35.5. The van der Waals surface area contributed by atoms with Crippen LogP contribution in [0.3, 0.4) is 0 Å². The van der Waals surface area contributed by atoms with E-state index >= 15 is 0 Å². The number of anilines is 1. The highest BCUT2D eigenvalue weighted by Gasteiger charge is 2.21. The summed E-state index contributed by atoms with van der Waals surface area (Å²) in [7, 11) is -3.63.